The fourth-order valence-electron chi connectivity index (χ4n) is 3.13. The van der Waals surface area contributed by atoms with Gasteiger partial charge in [0, 0.05) is 21.3 Å². The summed E-state index contributed by atoms with van der Waals surface area (Å²) in [6.07, 6.45) is 0. The average Bonchev–Trinajstić information content (AvgIpc) is 3.13. The maximum atomic E-state index is 12.8. The standard InChI is InChI=1S/C19H17ClN2O4S/c1-26-18(23)19(12-27-17(21-19)14-5-3-2-4-6-14)16(11-22(24)25)13-7-9-15(20)10-8-13/h2-10,16H,11-12H2,1H3/t16-,19+/m1/s1. The molecule has 0 radical (unpaired) electrons. The second kappa shape index (κ2) is 8.10. The van der Waals surface area contributed by atoms with Gasteiger partial charge in [0.15, 0.2) is 5.54 Å². The van der Waals surface area contributed by atoms with Crippen molar-refractivity contribution in [2.24, 2.45) is 4.99 Å². The summed E-state index contributed by atoms with van der Waals surface area (Å²) in [4.78, 5) is 28.4. The number of halogens is 1. The molecule has 8 heteroatoms. The first-order valence-corrected chi connectivity index (χ1v) is 9.56. The zero-order valence-electron chi connectivity index (χ0n) is 14.5. The van der Waals surface area contributed by atoms with Gasteiger partial charge >= 0.3 is 5.97 Å². The lowest BCUT2D eigenvalue weighted by atomic mass is 9.80. The molecule has 0 aliphatic carbocycles. The van der Waals surface area contributed by atoms with Crippen molar-refractivity contribution >= 4 is 34.4 Å². The molecule has 2 atom stereocenters. The van der Waals surface area contributed by atoms with E-state index in [9.17, 15) is 14.9 Å². The Morgan fingerprint density at radius 1 is 1.30 bits per heavy atom. The number of nitrogens with zero attached hydrogens (tertiary/aromatic N) is 2. The number of rotatable bonds is 6. The zero-order chi connectivity index (χ0) is 19.4. The number of hydrogen-bond acceptors (Lipinski definition) is 6. The smallest absolute Gasteiger partial charge is 0.335 e. The van der Waals surface area contributed by atoms with Crippen molar-refractivity contribution in [2.75, 3.05) is 19.4 Å². The van der Waals surface area contributed by atoms with E-state index in [-0.39, 0.29) is 5.75 Å². The van der Waals surface area contributed by atoms with Crippen LogP contribution in [0.4, 0.5) is 0 Å². The quantitative estimate of drug-likeness (QED) is 0.415. The van der Waals surface area contributed by atoms with Gasteiger partial charge in [-0.15, -0.1) is 11.8 Å². The lowest BCUT2D eigenvalue weighted by Crippen LogP contribution is -2.47. The third kappa shape index (κ3) is 3.99. The van der Waals surface area contributed by atoms with Crippen LogP contribution in [0, 0.1) is 10.1 Å². The van der Waals surface area contributed by atoms with Crippen molar-refractivity contribution < 1.29 is 14.5 Å². The number of benzene rings is 2. The molecule has 3 rings (SSSR count). The lowest BCUT2D eigenvalue weighted by Gasteiger charge is -2.29. The average molecular weight is 405 g/mol. The van der Waals surface area contributed by atoms with Crippen molar-refractivity contribution in [2.45, 2.75) is 11.5 Å². The normalized spacial score (nSPS) is 20.0. The molecule has 1 heterocycles. The SMILES string of the molecule is COC(=O)[C@@]1([C@H](C[N+](=O)[O-])c2ccc(Cl)cc2)CSC(c2ccccc2)=N1. The van der Waals surface area contributed by atoms with E-state index >= 15 is 0 Å². The minimum absolute atomic E-state index is 0.269. The Morgan fingerprint density at radius 2 is 1.96 bits per heavy atom. The second-order valence-corrected chi connectivity index (χ2v) is 7.51. The Morgan fingerprint density at radius 3 is 2.56 bits per heavy atom. The number of thioether (sulfide) groups is 1. The molecular formula is C19H17ClN2O4S. The summed E-state index contributed by atoms with van der Waals surface area (Å²) >= 11 is 7.35. The van der Waals surface area contributed by atoms with Gasteiger partial charge in [0.25, 0.3) is 0 Å². The highest BCUT2D eigenvalue weighted by Crippen LogP contribution is 2.42. The maximum Gasteiger partial charge on any atom is 0.335 e. The molecule has 27 heavy (non-hydrogen) atoms. The molecule has 0 bridgehead atoms. The van der Waals surface area contributed by atoms with Gasteiger partial charge in [0.1, 0.15) is 0 Å². The summed E-state index contributed by atoms with van der Waals surface area (Å²) in [5, 5.41) is 12.6. The Balaban J connectivity index is 2.11. The molecule has 0 saturated heterocycles. The lowest BCUT2D eigenvalue weighted by molar-refractivity contribution is -0.484. The number of aliphatic imine (C=N–C) groups is 1. The molecule has 1 aliphatic heterocycles. The summed E-state index contributed by atoms with van der Waals surface area (Å²) in [5.41, 5.74) is 0.121. The number of ether oxygens (including phenoxy) is 1. The Bertz CT molecular complexity index is 873. The minimum atomic E-state index is -1.37. The van der Waals surface area contributed by atoms with E-state index in [4.69, 9.17) is 16.3 Å². The van der Waals surface area contributed by atoms with Gasteiger partial charge in [-0.05, 0) is 17.7 Å². The van der Waals surface area contributed by atoms with Gasteiger partial charge in [-0.1, -0.05) is 54.1 Å². The summed E-state index contributed by atoms with van der Waals surface area (Å²) in [5.74, 6) is -1.08. The van der Waals surface area contributed by atoms with Crippen LogP contribution in [-0.2, 0) is 9.53 Å². The minimum Gasteiger partial charge on any atom is -0.467 e. The van der Waals surface area contributed by atoms with Gasteiger partial charge in [-0.3, -0.25) is 15.1 Å². The molecule has 1 aliphatic rings. The second-order valence-electron chi connectivity index (χ2n) is 6.11. The van der Waals surface area contributed by atoms with Crippen LogP contribution >= 0.6 is 23.4 Å². The monoisotopic (exact) mass is 404 g/mol. The molecule has 0 aromatic heterocycles. The Labute approximate surface area is 165 Å². The Hall–Kier alpha value is -2.38. The maximum absolute atomic E-state index is 12.8. The fourth-order valence-corrected chi connectivity index (χ4v) is 4.53. The first-order valence-electron chi connectivity index (χ1n) is 8.20. The first kappa shape index (κ1) is 19.4. The predicted molar refractivity (Wildman–Crippen MR) is 106 cm³/mol. The molecular weight excluding hydrogens is 388 g/mol. The highest BCUT2D eigenvalue weighted by Gasteiger charge is 2.53. The van der Waals surface area contributed by atoms with Crippen LogP contribution in [0.15, 0.2) is 59.6 Å². The van der Waals surface area contributed by atoms with Crippen LogP contribution in [0.2, 0.25) is 5.02 Å². The van der Waals surface area contributed by atoms with E-state index in [2.05, 4.69) is 4.99 Å². The molecule has 2 aromatic rings. The fraction of sp³-hybridized carbons (Fsp3) is 0.263. The molecule has 0 amide bonds. The van der Waals surface area contributed by atoms with Crippen LogP contribution in [0.3, 0.4) is 0 Å². The molecule has 0 saturated carbocycles. The summed E-state index contributed by atoms with van der Waals surface area (Å²) in [7, 11) is 1.27. The Kier molecular flexibility index (Phi) is 5.82. The van der Waals surface area contributed by atoms with E-state index < -0.39 is 28.9 Å². The van der Waals surface area contributed by atoms with E-state index in [1.54, 1.807) is 24.3 Å². The predicted octanol–water partition coefficient (Wildman–Crippen LogP) is 3.81. The van der Waals surface area contributed by atoms with Gasteiger partial charge in [-0.2, -0.15) is 0 Å². The number of nitro groups is 1. The number of methoxy groups -OCH3 is 1. The number of carbonyl (C=O) groups is 1. The van der Waals surface area contributed by atoms with E-state index in [0.717, 1.165) is 5.56 Å². The third-order valence-corrected chi connectivity index (χ3v) is 5.91. The topological polar surface area (TPSA) is 81.8 Å². The number of esters is 1. The number of hydrogen-bond donors (Lipinski definition) is 0. The summed E-state index contributed by atoms with van der Waals surface area (Å²) in [6, 6.07) is 16.1. The molecule has 140 valence electrons. The van der Waals surface area contributed by atoms with E-state index in [1.165, 1.54) is 18.9 Å². The molecule has 0 unspecified atom stereocenters. The molecule has 6 nitrogen and oxygen atoms in total. The van der Waals surface area contributed by atoms with Crippen molar-refractivity contribution in [3.63, 3.8) is 0 Å². The van der Waals surface area contributed by atoms with E-state index in [1.807, 2.05) is 30.3 Å². The molecule has 0 N–H and O–H groups in total. The third-order valence-electron chi connectivity index (χ3n) is 4.47. The van der Waals surface area contributed by atoms with Crippen LogP contribution in [0.1, 0.15) is 17.0 Å². The summed E-state index contributed by atoms with van der Waals surface area (Å²) < 4.78 is 5.02. The number of carbonyl (C=O) groups excluding carboxylic acids is 1. The first-order chi connectivity index (χ1) is 13.0. The van der Waals surface area contributed by atoms with Crippen molar-refractivity contribution in [1.82, 2.24) is 0 Å². The molecule has 0 spiro atoms. The largest absolute Gasteiger partial charge is 0.467 e. The zero-order valence-corrected chi connectivity index (χ0v) is 16.1. The van der Waals surface area contributed by atoms with Crippen molar-refractivity contribution in [3.05, 3.63) is 80.9 Å². The van der Waals surface area contributed by atoms with Gasteiger partial charge in [0.2, 0.25) is 6.54 Å². The van der Waals surface area contributed by atoms with Gasteiger partial charge in [0.05, 0.1) is 18.1 Å². The van der Waals surface area contributed by atoms with Crippen LogP contribution in [-0.4, -0.2) is 40.9 Å². The van der Waals surface area contributed by atoms with Crippen LogP contribution in [0.5, 0.6) is 0 Å². The van der Waals surface area contributed by atoms with E-state index in [0.29, 0.717) is 15.6 Å². The highest BCUT2D eigenvalue weighted by molar-refractivity contribution is 8.14. The van der Waals surface area contributed by atoms with Gasteiger partial charge in [-0.25, -0.2) is 4.79 Å². The molecule has 0 fully saturated rings. The van der Waals surface area contributed by atoms with Crippen molar-refractivity contribution in [1.29, 1.82) is 0 Å². The van der Waals surface area contributed by atoms with Gasteiger partial charge < -0.3 is 4.74 Å². The van der Waals surface area contributed by atoms with Crippen LogP contribution < -0.4 is 0 Å². The summed E-state index contributed by atoms with van der Waals surface area (Å²) in [6.45, 7) is -0.442. The highest BCUT2D eigenvalue weighted by atomic mass is 35.5. The molecule has 2 aromatic carbocycles. The van der Waals surface area contributed by atoms with Crippen LogP contribution in [0.25, 0.3) is 0 Å². The van der Waals surface area contributed by atoms with Crippen molar-refractivity contribution in [3.8, 4) is 0 Å².